The highest BCUT2D eigenvalue weighted by atomic mass is 16.6. The number of alkyl carbamates (subject to hydrolysis) is 1. The Morgan fingerprint density at radius 3 is 2.63 bits per heavy atom. The minimum atomic E-state index is -0.517. The van der Waals surface area contributed by atoms with Crippen LogP contribution in [0.1, 0.15) is 39.4 Å². The van der Waals surface area contributed by atoms with E-state index in [-0.39, 0.29) is 6.17 Å². The van der Waals surface area contributed by atoms with Gasteiger partial charge in [-0.05, 0) is 45.0 Å². The van der Waals surface area contributed by atoms with Crippen molar-refractivity contribution in [1.82, 2.24) is 10.6 Å². The molecule has 19 heavy (non-hydrogen) atoms. The van der Waals surface area contributed by atoms with Crippen molar-refractivity contribution in [3.05, 3.63) is 29.8 Å². The van der Waals surface area contributed by atoms with Crippen molar-refractivity contribution in [2.75, 3.05) is 12.3 Å². The number of carbonyl (C=O) groups is 1. The van der Waals surface area contributed by atoms with Crippen molar-refractivity contribution in [2.45, 2.75) is 39.5 Å². The van der Waals surface area contributed by atoms with Crippen molar-refractivity contribution >= 4 is 11.8 Å². The molecule has 0 bridgehead atoms. The Bertz CT molecular complexity index is 427. The molecular weight excluding hydrogens is 242 g/mol. The van der Waals surface area contributed by atoms with E-state index in [2.05, 4.69) is 10.6 Å². The molecule has 5 nitrogen and oxygen atoms in total. The highest BCUT2D eigenvalue weighted by Crippen LogP contribution is 2.15. The molecule has 0 aliphatic carbocycles. The van der Waals surface area contributed by atoms with Crippen LogP contribution in [-0.4, -0.2) is 18.2 Å². The second kappa shape index (κ2) is 6.43. The lowest BCUT2D eigenvalue weighted by atomic mass is 10.1. The maximum Gasteiger partial charge on any atom is 0.409 e. The monoisotopic (exact) mass is 265 g/mol. The first-order chi connectivity index (χ1) is 8.81. The van der Waals surface area contributed by atoms with Crippen molar-refractivity contribution in [1.29, 1.82) is 0 Å². The summed E-state index contributed by atoms with van der Waals surface area (Å²) < 4.78 is 5.24. The quantitative estimate of drug-likeness (QED) is 0.577. The molecule has 1 unspecified atom stereocenters. The lowest BCUT2D eigenvalue weighted by Gasteiger charge is -2.24. The number of rotatable bonds is 4. The first-order valence-electron chi connectivity index (χ1n) is 6.40. The van der Waals surface area contributed by atoms with E-state index in [0.717, 1.165) is 12.1 Å². The molecule has 0 aliphatic heterocycles. The van der Waals surface area contributed by atoms with Crippen LogP contribution in [0.4, 0.5) is 10.5 Å². The molecule has 1 atom stereocenters. The first kappa shape index (κ1) is 15.3. The largest absolute Gasteiger partial charge is 0.444 e. The highest BCUT2D eigenvalue weighted by Gasteiger charge is 2.19. The number of nitrogens with two attached hydrogens (primary N) is 1. The van der Waals surface area contributed by atoms with E-state index in [9.17, 15) is 4.79 Å². The molecule has 4 N–H and O–H groups in total. The Labute approximate surface area is 114 Å². The molecule has 5 heteroatoms. The van der Waals surface area contributed by atoms with Crippen molar-refractivity contribution in [3.63, 3.8) is 0 Å². The molecule has 1 amide bonds. The SMILES string of the molecule is CCNC(NC(=O)OC(C)(C)C)c1cccc(N)c1. The van der Waals surface area contributed by atoms with Crippen LogP contribution in [0.3, 0.4) is 0 Å². The van der Waals surface area contributed by atoms with Crippen LogP contribution < -0.4 is 16.4 Å². The number of nitrogen functional groups attached to an aromatic ring is 1. The summed E-state index contributed by atoms with van der Waals surface area (Å²) in [5.41, 5.74) is 6.79. The third kappa shape index (κ3) is 5.61. The number of carbonyl (C=O) groups excluding carboxylic acids is 1. The standard InChI is InChI=1S/C14H23N3O2/c1-5-16-12(10-7-6-8-11(15)9-10)17-13(18)19-14(2,3)4/h6-9,12,16H,5,15H2,1-4H3,(H,17,18). The average Bonchev–Trinajstić information content (AvgIpc) is 2.26. The van der Waals surface area contributed by atoms with Gasteiger partial charge in [0.05, 0.1) is 0 Å². The summed E-state index contributed by atoms with van der Waals surface area (Å²) in [6.07, 6.45) is -0.774. The minimum Gasteiger partial charge on any atom is -0.444 e. The molecule has 0 aromatic heterocycles. The van der Waals surface area contributed by atoms with E-state index in [1.807, 2.05) is 45.9 Å². The summed E-state index contributed by atoms with van der Waals surface area (Å²) in [6.45, 7) is 8.17. The van der Waals surface area contributed by atoms with Gasteiger partial charge in [0.25, 0.3) is 0 Å². The lowest BCUT2D eigenvalue weighted by molar-refractivity contribution is 0.0494. The molecule has 0 spiro atoms. The Balaban J connectivity index is 2.76. The van der Waals surface area contributed by atoms with E-state index in [1.165, 1.54) is 0 Å². The Hall–Kier alpha value is -1.75. The third-order valence-corrected chi connectivity index (χ3v) is 2.31. The number of amides is 1. The molecule has 1 aromatic carbocycles. The zero-order chi connectivity index (χ0) is 14.5. The molecule has 0 fully saturated rings. The molecule has 106 valence electrons. The zero-order valence-electron chi connectivity index (χ0n) is 12.0. The Morgan fingerprint density at radius 1 is 1.42 bits per heavy atom. The topological polar surface area (TPSA) is 76.4 Å². The number of anilines is 1. The lowest BCUT2D eigenvalue weighted by Crippen LogP contribution is -2.41. The molecular formula is C14H23N3O2. The van der Waals surface area contributed by atoms with Crippen LogP contribution in [-0.2, 0) is 4.74 Å². The summed E-state index contributed by atoms with van der Waals surface area (Å²) in [7, 11) is 0. The maximum atomic E-state index is 11.8. The summed E-state index contributed by atoms with van der Waals surface area (Å²) in [5, 5.41) is 5.97. The van der Waals surface area contributed by atoms with Crippen LogP contribution in [0, 0.1) is 0 Å². The van der Waals surface area contributed by atoms with Gasteiger partial charge in [-0.3, -0.25) is 5.32 Å². The van der Waals surface area contributed by atoms with E-state index in [0.29, 0.717) is 5.69 Å². The van der Waals surface area contributed by atoms with Crippen LogP contribution in [0.2, 0.25) is 0 Å². The summed E-state index contributed by atoms with van der Waals surface area (Å²) in [6, 6.07) is 7.39. The van der Waals surface area contributed by atoms with Gasteiger partial charge in [-0.25, -0.2) is 4.79 Å². The van der Waals surface area contributed by atoms with Gasteiger partial charge in [0, 0.05) is 5.69 Å². The fourth-order valence-corrected chi connectivity index (χ4v) is 1.62. The Morgan fingerprint density at radius 2 is 2.11 bits per heavy atom. The predicted molar refractivity (Wildman–Crippen MR) is 76.6 cm³/mol. The predicted octanol–water partition coefficient (Wildman–Crippen LogP) is 2.40. The van der Waals surface area contributed by atoms with Gasteiger partial charge in [-0.2, -0.15) is 0 Å². The smallest absolute Gasteiger partial charge is 0.409 e. The number of ether oxygens (including phenoxy) is 1. The number of benzene rings is 1. The van der Waals surface area contributed by atoms with E-state index < -0.39 is 11.7 Å². The molecule has 0 saturated heterocycles. The number of hydrogen-bond acceptors (Lipinski definition) is 4. The second-order valence-corrected chi connectivity index (χ2v) is 5.31. The second-order valence-electron chi connectivity index (χ2n) is 5.31. The third-order valence-electron chi connectivity index (χ3n) is 2.31. The maximum absolute atomic E-state index is 11.8. The summed E-state index contributed by atoms with van der Waals surface area (Å²) in [5.74, 6) is 0. The van der Waals surface area contributed by atoms with Gasteiger partial charge in [0.2, 0.25) is 0 Å². The number of nitrogens with one attached hydrogen (secondary N) is 2. The van der Waals surface area contributed by atoms with Gasteiger partial charge in [-0.15, -0.1) is 0 Å². The van der Waals surface area contributed by atoms with Crippen LogP contribution in [0.5, 0.6) is 0 Å². The van der Waals surface area contributed by atoms with Gasteiger partial charge in [0.1, 0.15) is 11.8 Å². The normalized spacial score (nSPS) is 12.8. The Kier molecular flexibility index (Phi) is 5.18. The molecule has 1 aromatic rings. The van der Waals surface area contributed by atoms with Crippen molar-refractivity contribution < 1.29 is 9.53 Å². The van der Waals surface area contributed by atoms with Gasteiger partial charge < -0.3 is 15.8 Å². The van der Waals surface area contributed by atoms with Crippen LogP contribution >= 0.6 is 0 Å². The van der Waals surface area contributed by atoms with Crippen molar-refractivity contribution in [2.24, 2.45) is 0 Å². The van der Waals surface area contributed by atoms with E-state index in [1.54, 1.807) is 6.07 Å². The molecule has 0 aliphatic rings. The average molecular weight is 265 g/mol. The highest BCUT2D eigenvalue weighted by molar-refractivity contribution is 5.68. The molecule has 1 rings (SSSR count). The number of hydrogen-bond donors (Lipinski definition) is 3. The van der Waals surface area contributed by atoms with E-state index in [4.69, 9.17) is 10.5 Å². The van der Waals surface area contributed by atoms with Gasteiger partial charge >= 0.3 is 6.09 Å². The van der Waals surface area contributed by atoms with Crippen LogP contribution in [0.15, 0.2) is 24.3 Å². The summed E-state index contributed by atoms with van der Waals surface area (Å²) in [4.78, 5) is 11.8. The zero-order valence-corrected chi connectivity index (χ0v) is 12.0. The van der Waals surface area contributed by atoms with Gasteiger partial charge in [-0.1, -0.05) is 19.1 Å². The molecule has 0 radical (unpaired) electrons. The molecule has 0 saturated carbocycles. The van der Waals surface area contributed by atoms with Crippen LogP contribution in [0.25, 0.3) is 0 Å². The fourth-order valence-electron chi connectivity index (χ4n) is 1.62. The van der Waals surface area contributed by atoms with Gasteiger partial charge in [0.15, 0.2) is 0 Å². The first-order valence-corrected chi connectivity index (χ1v) is 6.40. The summed E-state index contributed by atoms with van der Waals surface area (Å²) >= 11 is 0. The minimum absolute atomic E-state index is 0.316. The molecule has 0 heterocycles. The van der Waals surface area contributed by atoms with E-state index >= 15 is 0 Å². The fraction of sp³-hybridized carbons (Fsp3) is 0.500. The van der Waals surface area contributed by atoms with Crippen molar-refractivity contribution in [3.8, 4) is 0 Å².